The lowest BCUT2D eigenvalue weighted by atomic mass is 9.98. The highest BCUT2D eigenvalue weighted by molar-refractivity contribution is 5.80. The van der Waals surface area contributed by atoms with Gasteiger partial charge in [0.15, 0.2) is 17.5 Å². The molecule has 31 heavy (non-hydrogen) atoms. The summed E-state index contributed by atoms with van der Waals surface area (Å²) in [5.74, 6) is 3.20. The Bertz CT molecular complexity index is 734. The van der Waals surface area contributed by atoms with Crippen LogP contribution in [0.3, 0.4) is 0 Å². The molecule has 7 heteroatoms. The Kier molecular flexibility index (Phi) is 10.5. The first-order valence-corrected chi connectivity index (χ1v) is 11.5. The number of nitrogens with zero attached hydrogens (tertiary/aromatic N) is 2. The van der Waals surface area contributed by atoms with Crippen molar-refractivity contribution in [3.05, 3.63) is 23.3 Å². The molecular formula is C24H40N4O3. The fraction of sp³-hybridized carbons (Fsp3) is 0.667. The summed E-state index contributed by atoms with van der Waals surface area (Å²) in [4.78, 5) is 19.3. The van der Waals surface area contributed by atoms with E-state index in [4.69, 9.17) is 9.47 Å². The third-order valence-corrected chi connectivity index (χ3v) is 5.48. The highest BCUT2D eigenvalue weighted by atomic mass is 16.5. The minimum Gasteiger partial charge on any atom is -0.493 e. The summed E-state index contributed by atoms with van der Waals surface area (Å²) in [7, 11) is 3.28. The minimum atomic E-state index is 0.186. The lowest BCUT2D eigenvalue weighted by Crippen LogP contribution is -2.38. The molecule has 1 amide bonds. The van der Waals surface area contributed by atoms with E-state index in [0.717, 1.165) is 62.1 Å². The highest BCUT2D eigenvalue weighted by Crippen LogP contribution is 2.33. The number of amides is 1. The second-order valence-electron chi connectivity index (χ2n) is 8.37. The zero-order valence-electron chi connectivity index (χ0n) is 19.9. The Labute approximate surface area is 187 Å². The molecule has 1 aromatic rings. The number of aliphatic imine (C=N–C) groups is 1. The number of rotatable bonds is 11. The van der Waals surface area contributed by atoms with Crippen molar-refractivity contribution in [2.24, 2.45) is 10.9 Å². The Morgan fingerprint density at radius 2 is 1.84 bits per heavy atom. The fourth-order valence-corrected chi connectivity index (χ4v) is 3.73. The summed E-state index contributed by atoms with van der Waals surface area (Å²) in [5.41, 5.74) is 2.36. The van der Waals surface area contributed by atoms with Crippen LogP contribution in [0.5, 0.6) is 11.5 Å². The van der Waals surface area contributed by atoms with Crippen molar-refractivity contribution >= 4 is 11.9 Å². The first kappa shape index (κ1) is 24.8. The topological polar surface area (TPSA) is 75.2 Å². The first-order chi connectivity index (χ1) is 15.0. The first-order valence-electron chi connectivity index (χ1n) is 11.5. The Hall–Kier alpha value is -2.44. The number of nitrogens with one attached hydrogen (secondary N) is 2. The van der Waals surface area contributed by atoms with Crippen molar-refractivity contribution in [2.45, 2.75) is 59.4 Å². The number of hydrogen-bond acceptors (Lipinski definition) is 4. The summed E-state index contributed by atoms with van der Waals surface area (Å²) < 4.78 is 10.8. The van der Waals surface area contributed by atoms with Crippen molar-refractivity contribution in [2.75, 3.05) is 40.4 Å². The van der Waals surface area contributed by atoms with Crippen LogP contribution >= 0.6 is 0 Å². The zero-order valence-corrected chi connectivity index (χ0v) is 19.9. The van der Waals surface area contributed by atoms with E-state index in [1.165, 1.54) is 12.0 Å². The van der Waals surface area contributed by atoms with Crippen molar-refractivity contribution in [3.63, 3.8) is 0 Å². The van der Waals surface area contributed by atoms with E-state index in [1.807, 2.05) is 17.0 Å². The molecule has 1 aliphatic heterocycles. The summed E-state index contributed by atoms with van der Waals surface area (Å²) in [6.45, 7) is 10.3. The average Bonchev–Trinajstić information content (AvgIpc) is 2.77. The molecule has 2 N–H and O–H groups in total. The second-order valence-corrected chi connectivity index (χ2v) is 8.37. The average molecular weight is 433 g/mol. The largest absolute Gasteiger partial charge is 0.493 e. The fourth-order valence-electron chi connectivity index (χ4n) is 3.73. The van der Waals surface area contributed by atoms with Gasteiger partial charge in [0, 0.05) is 39.1 Å². The van der Waals surface area contributed by atoms with Gasteiger partial charge >= 0.3 is 0 Å². The predicted octanol–water partition coefficient (Wildman–Crippen LogP) is 3.36. The summed E-state index contributed by atoms with van der Waals surface area (Å²) >= 11 is 0. The standard InChI is InChI=1S/C24H40N4O3/c1-6-25-24(26-12-7-9-18(2)3)27-13-8-10-23(29)28-14-11-19-15-21(30-4)22(31-5)16-20(19)17-28/h15-16,18H,6-14,17H2,1-5H3,(H2,25,26,27). The quantitative estimate of drug-likeness (QED) is 0.319. The van der Waals surface area contributed by atoms with E-state index in [9.17, 15) is 4.79 Å². The molecule has 174 valence electrons. The molecule has 0 radical (unpaired) electrons. The molecule has 7 nitrogen and oxygen atoms in total. The molecule has 1 aliphatic rings. The van der Waals surface area contributed by atoms with E-state index in [-0.39, 0.29) is 5.91 Å². The van der Waals surface area contributed by atoms with Gasteiger partial charge in [-0.3, -0.25) is 9.79 Å². The maximum Gasteiger partial charge on any atom is 0.222 e. The number of hydrogen-bond donors (Lipinski definition) is 2. The number of fused-ring (bicyclic) bond motifs is 1. The van der Waals surface area contributed by atoms with Gasteiger partial charge in [-0.15, -0.1) is 0 Å². The van der Waals surface area contributed by atoms with Crippen LogP contribution in [-0.2, 0) is 17.8 Å². The molecule has 1 heterocycles. The molecule has 0 fully saturated rings. The van der Waals surface area contributed by atoms with Crippen molar-refractivity contribution in [1.82, 2.24) is 15.5 Å². The van der Waals surface area contributed by atoms with Gasteiger partial charge in [0.05, 0.1) is 14.2 Å². The van der Waals surface area contributed by atoms with Crippen molar-refractivity contribution in [3.8, 4) is 11.5 Å². The van der Waals surface area contributed by atoms with Crippen LogP contribution in [0.4, 0.5) is 0 Å². The molecule has 0 unspecified atom stereocenters. The van der Waals surface area contributed by atoms with Crippen LogP contribution < -0.4 is 20.1 Å². The number of benzene rings is 1. The zero-order chi connectivity index (χ0) is 22.6. The van der Waals surface area contributed by atoms with Gasteiger partial charge in [-0.25, -0.2) is 0 Å². The molecule has 2 rings (SSSR count). The number of guanidine groups is 1. The molecule has 0 atom stereocenters. The number of carbonyl (C=O) groups excluding carboxylic acids is 1. The molecule has 0 aromatic heterocycles. The molecule has 0 saturated heterocycles. The minimum absolute atomic E-state index is 0.186. The van der Waals surface area contributed by atoms with Crippen LogP contribution in [-0.4, -0.2) is 57.2 Å². The molecule has 0 saturated carbocycles. The monoisotopic (exact) mass is 432 g/mol. The molecule has 1 aromatic carbocycles. The lowest BCUT2D eigenvalue weighted by Gasteiger charge is -2.29. The Balaban J connectivity index is 1.81. The third kappa shape index (κ3) is 7.96. The van der Waals surface area contributed by atoms with Crippen molar-refractivity contribution < 1.29 is 14.3 Å². The summed E-state index contributed by atoms with van der Waals surface area (Å²) in [6, 6.07) is 4.02. The second kappa shape index (κ2) is 13.1. The SMILES string of the molecule is CCNC(=NCCCC(=O)N1CCc2cc(OC)c(OC)cc2C1)NCCCC(C)C. The van der Waals surface area contributed by atoms with Gasteiger partial charge < -0.3 is 25.0 Å². The molecular weight excluding hydrogens is 392 g/mol. The van der Waals surface area contributed by atoms with Gasteiger partial charge in [-0.05, 0) is 61.8 Å². The highest BCUT2D eigenvalue weighted by Gasteiger charge is 2.22. The van der Waals surface area contributed by atoms with E-state index < -0.39 is 0 Å². The smallest absolute Gasteiger partial charge is 0.222 e. The van der Waals surface area contributed by atoms with Gasteiger partial charge in [0.25, 0.3) is 0 Å². The Morgan fingerprint density at radius 3 is 2.48 bits per heavy atom. The number of methoxy groups -OCH3 is 2. The predicted molar refractivity (Wildman–Crippen MR) is 126 cm³/mol. The van der Waals surface area contributed by atoms with Crippen LogP contribution in [0.15, 0.2) is 17.1 Å². The van der Waals surface area contributed by atoms with E-state index >= 15 is 0 Å². The molecule has 0 aliphatic carbocycles. The van der Waals surface area contributed by atoms with Crippen LogP contribution in [0, 0.1) is 5.92 Å². The molecule has 0 bridgehead atoms. The summed E-state index contributed by atoms with van der Waals surface area (Å²) in [5, 5.41) is 6.65. The number of ether oxygens (including phenoxy) is 2. The molecule has 0 spiro atoms. The van der Waals surface area contributed by atoms with Crippen molar-refractivity contribution in [1.29, 1.82) is 0 Å². The summed E-state index contributed by atoms with van der Waals surface area (Å²) in [6.07, 6.45) is 4.44. The normalized spacial score (nSPS) is 13.7. The van der Waals surface area contributed by atoms with Gasteiger partial charge in [0.1, 0.15) is 0 Å². The van der Waals surface area contributed by atoms with Gasteiger partial charge in [-0.1, -0.05) is 13.8 Å². The van der Waals surface area contributed by atoms with Crippen LogP contribution in [0.25, 0.3) is 0 Å². The lowest BCUT2D eigenvalue weighted by molar-refractivity contribution is -0.132. The van der Waals surface area contributed by atoms with E-state index in [2.05, 4.69) is 36.4 Å². The Morgan fingerprint density at radius 1 is 1.13 bits per heavy atom. The van der Waals surface area contributed by atoms with Gasteiger partial charge in [-0.2, -0.15) is 0 Å². The maximum atomic E-state index is 12.7. The van der Waals surface area contributed by atoms with E-state index in [0.29, 0.717) is 25.3 Å². The third-order valence-electron chi connectivity index (χ3n) is 5.48. The van der Waals surface area contributed by atoms with Crippen LogP contribution in [0.1, 0.15) is 57.6 Å². The number of carbonyl (C=O) groups is 1. The van der Waals surface area contributed by atoms with Crippen LogP contribution in [0.2, 0.25) is 0 Å². The maximum absolute atomic E-state index is 12.7. The van der Waals surface area contributed by atoms with E-state index in [1.54, 1.807) is 14.2 Å². The van der Waals surface area contributed by atoms with Gasteiger partial charge in [0.2, 0.25) is 5.91 Å².